The van der Waals surface area contributed by atoms with Crippen molar-refractivity contribution < 1.29 is 13.7 Å². The zero-order valence-electron chi connectivity index (χ0n) is 12.1. The van der Waals surface area contributed by atoms with Gasteiger partial charge >= 0.3 is 0 Å². The van der Waals surface area contributed by atoms with Crippen molar-refractivity contribution in [1.29, 1.82) is 0 Å². The van der Waals surface area contributed by atoms with Crippen LogP contribution in [0.4, 0.5) is 5.69 Å². The number of nitrogens with one attached hydrogen (secondary N) is 1. The van der Waals surface area contributed by atoms with Crippen LogP contribution in [0.25, 0.3) is 0 Å². The van der Waals surface area contributed by atoms with Crippen molar-refractivity contribution in [3.63, 3.8) is 0 Å². The predicted octanol–water partition coefficient (Wildman–Crippen LogP) is 3.12. The number of rotatable bonds is 6. The summed E-state index contributed by atoms with van der Waals surface area (Å²) in [6.45, 7) is 0.807. The van der Waals surface area contributed by atoms with E-state index in [9.17, 15) is 9.00 Å². The molecule has 2 unspecified atom stereocenters. The molecule has 1 saturated heterocycles. The summed E-state index contributed by atoms with van der Waals surface area (Å²) in [6, 6.07) is 5.27. The lowest BCUT2D eigenvalue weighted by atomic mass is 10.1. The maximum Gasteiger partial charge on any atom is 0.224 e. The highest BCUT2D eigenvalue weighted by Gasteiger charge is 2.16. The zero-order chi connectivity index (χ0) is 15.2. The third kappa shape index (κ3) is 5.41. The van der Waals surface area contributed by atoms with E-state index in [0.29, 0.717) is 22.9 Å². The standard InChI is InChI=1S/C15H20ClNO3S/c1-21(19)10-11-9-12(4-6-14(11)16)17-15(18)7-5-13-3-2-8-20-13/h4,6,9,13H,2-3,5,7-8,10H2,1H3,(H,17,18). The van der Waals surface area contributed by atoms with Crippen molar-refractivity contribution in [1.82, 2.24) is 0 Å². The van der Waals surface area contributed by atoms with Crippen LogP contribution in [0, 0.1) is 0 Å². The number of anilines is 1. The number of halogens is 1. The molecular formula is C15H20ClNO3S. The Kier molecular flexibility index (Phi) is 6.21. The summed E-state index contributed by atoms with van der Waals surface area (Å²) in [5.41, 5.74) is 1.48. The summed E-state index contributed by atoms with van der Waals surface area (Å²) in [4.78, 5) is 11.9. The van der Waals surface area contributed by atoms with Crippen LogP contribution in [0.3, 0.4) is 0 Å². The SMILES string of the molecule is CS(=O)Cc1cc(NC(=O)CCC2CCCO2)ccc1Cl. The van der Waals surface area contributed by atoms with Gasteiger partial charge in [0.05, 0.1) is 6.10 Å². The second-order valence-corrected chi connectivity index (χ2v) is 7.09. The van der Waals surface area contributed by atoms with Gasteiger partial charge in [0.2, 0.25) is 5.91 Å². The van der Waals surface area contributed by atoms with Gasteiger partial charge in [0.25, 0.3) is 0 Å². The van der Waals surface area contributed by atoms with Crippen LogP contribution in [-0.4, -0.2) is 29.1 Å². The van der Waals surface area contributed by atoms with Gasteiger partial charge in [-0.15, -0.1) is 0 Å². The van der Waals surface area contributed by atoms with Crippen LogP contribution >= 0.6 is 11.6 Å². The fourth-order valence-electron chi connectivity index (χ4n) is 2.37. The van der Waals surface area contributed by atoms with E-state index < -0.39 is 10.8 Å². The molecule has 0 radical (unpaired) electrons. The van der Waals surface area contributed by atoms with Gasteiger partial charge in [0.15, 0.2) is 0 Å². The predicted molar refractivity (Wildman–Crippen MR) is 86.1 cm³/mol. The van der Waals surface area contributed by atoms with Crippen molar-refractivity contribution in [2.24, 2.45) is 0 Å². The maximum atomic E-state index is 11.9. The minimum Gasteiger partial charge on any atom is -0.378 e. The fraction of sp³-hybridized carbons (Fsp3) is 0.533. The van der Waals surface area contributed by atoms with Crippen LogP contribution in [0.5, 0.6) is 0 Å². The van der Waals surface area contributed by atoms with E-state index in [0.717, 1.165) is 31.4 Å². The Bertz CT molecular complexity index is 530. The molecule has 0 spiro atoms. The van der Waals surface area contributed by atoms with Gasteiger partial charge in [-0.1, -0.05) is 11.6 Å². The molecule has 116 valence electrons. The third-order valence-electron chi connectivity index (χ3n) is 3.41. The molecule has 1 fully saturated rings. The van der Waals surface area contributed by atoms with E-state index in [2.05, 4.69) is 5.32 Å². The lowest BCUT2D eigenvalue weighted by Crippen LogP contribution is -2.15. The first-order valence-electron chi connectivity index (χ1n) is 7.04. The number of benzene rings is 1. The summed E-state index contributed by atoms with van der Waals surface area (Å²) in [7, 11) is -0.967. The van der Waals surface area contributed by atoms with Gasteiger partial charge < -0.3 is 10.1 Å². The summed E-state index contributed by atoms with van der Waals surface area (Å²) < 4.78 is 16.8. The molecule has 1 amide bonds. The Morgan fingerprint density at radius 3 is 3.00 bits per heavy atom. The van der Waals surface area contributed by atoms with Gasteiger partial charge in [-0.2, -0.15) is 0 Å². The second kappa shape index (κ2) is 7.92. The monoisotopic (exact) mass is 329 g/mol. The van der Waals surface area contributed by atoms with Crippen LogP contribution < -0.4 is 5.32 Å². The van der Waals surface area contributed by atoms with Gasteiger partial charge in [-0.3, -0.25) is 9.00 Å². The number of amides is 1. The van der Waals surface area contributed by atoms with Gasteiger partial charge in [-0.25, -0.2) is 0 Å². The smallest absolute Gasteiger partial charge is 0.224 e. The first-order chi connectivity index (χ1) is 10.0. The minimum atomic E-state index is -0.967. The van der Waals surface area contributed by atoms with Crippen molar-refractivity contribution in [3.8, 4) is 0 Å². The maximum absolute atomic E-state index is 11.9. The summed E-state index contributed by atoms with van der Waals surface area (Å²) in [5.74, 6) is 0.356. The van der Waals surface area contributed by atoms with Crippen LogP contribution in [0.2, 0.25) is 5.02 Å². The highest BCUT2D eigenvalue weighted by Crippen LogP contribution is 2.22. The molecule has 1 N–H and O–H groups in total. The summed E-state index contributed by atoms with van der Waals surface area (Å²) in [6.07, 6.45) is 5.18. The van der Waals surface area contributed by atoms with Gasteiger partial charge in [0.1, 0.15) is 0 Å². The molecule has 0 saturated carbocycles. The molecule has 2 rings (SSSR count). The molecule has 1 aliphatic rings. The second-order valence-electron chi connectivity index (χ2n) is 5.25. The summed E-state index contributed by atoms with van der Waals surface area (Å²) in [5, 5.41) is 3.43. The first-order valence-corrected chi connectivity index (χ1v) is 9.15. The Hall–Kier alpha value is -0.910. The average molecular weight is 330 g/mol. The average Bonchev–Trinajstić information content (AvgIpc) is 2.93. The van der Waals surface area contributed by atoms with Crippen molar-refractivity contribution in [2.75, 3.05) is 18.2 Å². The number of ether oxygens (including phenoxy) is 1. The third-order valence-corrected chi connectivity index (χ3v) is 4.49. The highest BCUT2D eigenvalue weighted by atomic mass is 35.5. The first kappa shape index (κ1) is 16.5. The van der Waals surface area contributed by atoms with Crippen molar-refractivity contribution >= 4 is 34.0 Å². The number of carbonyl (C=O) groups excluding carboxylic acids is 1. The van der Waals surface area contributed by atoms with E-state index in [4.69, 9.17) is 16.3 Å². The topological polar surface area (TPSA) is 55.4 Å². The minimum absolute atomic E-state index is 0.0311. The molecule has 1 aromatic carbocycles. The Labute approximate surface area is 132 Å². The molecule has 6 heteroatoms. The van der Waals surface area contributed by atoms with Crippen LogP contribution in [0.1, 0.15) is 31.2 Å². The van der Waals surface area contributed by atoms with E-state index in [1.807, 2.05) is 0 Å². The summed E-state index contributed by atoms with van der Waals surface area (Å²) >= 11 is 6.06. The van der Waals surface area contributed by atoms with Crippen LogP contribution in [0.15, 0.2) is 18.2 Å². The van der Waals surface area contributed by atoms with E-state index in [1.165, 1.54) is 0 Å². The lowest BCUT2D eigenvalue weighted by Gasteiger charge is -2.11. The van der Waals surface area contributed by atoms with Crippen molar-refractivity contribution in [3.05, 3.63) is 28.8 Å². The quantitative estimate of drug-likeness (QED) is 0.872. The molecule has 0 aliphatic carbocycles. The van der Waals surface area contributed by atoms with E-state index in [-0.39, 0.29) is 12.0 Å². The molecule has 2 atom stereocenters. The molecule has 1 heterocycles. The Balaban J connectivity index is 1.89. The number of hydrogen-bond donors (Lipinski definition) is 1. The van der Waals surface area contributed by atoms with Gasteiger partial charge in [-0.05, 0) is 43.0 Å². The van der Waals surface area contributed by atoms with Gasteiger partial charge in [0, 0.05) is 46.5 Å². The lowest BCUT2D eigenvalue weighted by molar-refractivity contribution is -0.116. The molecule has 1 aromatic rings. The molecule has 4 nitrogen and oxygen atoms in total. The van der Waals surface area contributed by atoms with Crippen molar-refractivity contribution in [2.45, 2.75) is 37.5 Å². The number of hydrogen-bond acceptors (Lipinski definition) is 3. The Morgan fingerprint density at radius 2 is 2.33 bits per heavy atom. The van der Waals surface area contributed by atoms with E-state index in [1.54, 1.807) is 24.5 Å². The largest absolute Gasteiger partial charge is 0.378 e. The molecule has 21 heavy (non-hydrogen) atoms. The molecule has 1 aliphatic heterocycles. The Morgan fingerprint density at radius 1 is 1.52 bits per heavy atom. The fourth-order valence-corrected chi connectivity index (χ4v) is 3.31. The molecule has 0 bridgehead atoms. The number of carbonyl (C=O) groups is 1. The highest BCUT2D eigenvalue weighted by molar-refractivity contribution is 7.83. The molecule has 0 aromatic heterocycles. The molecular weight excluding hydrogens is 310 g/mol. The normalized spacial score (nSPS) is 19.4. The van der Waals surface area contributed by atoms with Crippen LogP contribution in [-0.2, 0) is 26.1 Å². The zero-order valence-corrected chi connectivity index (χ0v) is 13.6. The van der Waals surface area contributed by atoms with E-state index >= 15 is 0 Å².